The molecule has 0 aliphatic carbocycles. The van der Waals surface area contributed by atoms with Gasteiger partial charge in [-0.2, -0.15) is 0 Å². The number of methoxy groups -OCH3 is 2. The maximum absolute atomic E-state index is 12.7. The standard InChI is InChI=1S/C17H14O5/c1-20-14-6-3-10(7-16(14)21-2)17(19)13-9-22-15-8-11(18)4-5-12(13)15/h3-9,18H,1-2H3. The molecular weight excluding hydrogens is 284 g/mol. The summed E-state index contributed by atoms with van der Waals surface area (Å²) in [5.74, 6) is 0.942. The number of phenolic OH excluding ortho intramolecular Hbond substituents is 1. The molecule has 3 rings (SSSR count). The molecular formula is C17H14O5. The van der Waals surface area contributed by atoms with Crippen LogP contribution in [0.25, 0.3) is 11.0 Å². The minimum atomic E-state index is -0.189. The highest BCUT2D eigenvalue weighted by Gasteiger charge is 2.17. The van der Waals surface area contributed by atoms with Gasteiger partial charge in [0.15, 0.2) is 17.3 Å². The zero-order valence-electron chi connectivity index (χ0n) is 12.1. The molecule has 0 aliphatic heterocycles. The van der Waals surface area contributed by atoms with Crippen molar-refractivity contribution in [3.8, 4) is 17.2 Å². The second-order valence-corrected chi connectivity index (χ2v) is 4.73. The number of ketones is 1. The summed E-state index contributed by atoms with van der Waals surface area (Å²) in [4.78, 5) is 12.7. The Balaban J connectivity index is 2.06. The molecule has 0 spiro atoms. The van der Waals surface area contributed by atoms with E-state index in [1.165, 1.54) is 32.6 Å². The first-order valence-electron chi connectivity index (χ1n) is 6.61. The Hall–Kier alpha value is -2.95. The van der Waals surface area contributed by atoms with Gasteiger partial charge in [-0.25, -0.2) is 0 Å². The first kappa shape index (κ1) is 14.0. The van der Waals surface area contributed by atoms with Crippen LogP contribution in [0.2, 0.25) is 0 Å². The maximum atomic E-state index is 12.7. The third-order valence-electron chi connectivity index (χ3n) is 3.45. The number of hydrogen-bond acceptors (Lipinski definition) is 5. The summed E-state index contributed by atoms with van der Waals surface area (Å²) in [5.41, 5.74) is 1.36. The number of aromatic hydroxyl groups is 1. The van der Waals surface area contributed by atoms with E-state index in [0.29, 0.717) is 33.6 Å². The van der Waals surface area contributed by atoms with E-state index in [1.807, 2.05) is 0 Å². The van der Waals surface area contributed by atoms with Gasteiger partial charge < -0.3 is 19.0 Å². The number of furan rings is 1. The number of carbonyl (C=O) groups excluding carboxylic acids is 1. The molecule has 1 N–H and O–H groups in total. The fourth-order valence-corrected chi connectivity index (χ4v) is 2.33. The predicted octanol–water partition coefficient (Wildman–Crippen LogP) is 3.39. The largest absolute Gasteiger partial charge is 0.508 e. The van der Waals surface area contributed by atoms with Gasteiger partial charge in [-0.05, 0) is 30.3 Å². The van der Waals surface area contributed by atoms with E-state index in [9.17, 15) is 9.90 Å². The van der Waals surface area contributed by atoms with Crippen LogP contribution in [-0.2, 0) is 0 Å². The molecule has 0 bridgehead atoms. The molecule has 112 valence electrons. The molecule has 0 fully saturated rings. The summed E-state index contributed by atoms with van der Waals surface area (Å²) in [6.45, 7) is 0. The molecule has 0 amide bonds. The molecule has 0 aliphatic rings. The molecule has 0 saturated carbocycles. The molecule has 5 heteroatoms. The second kappa shape index (κ2) is 5.44. The van der Waals surface area contributed by atoms with Gasteiger partial charge in [0.1, 0.15) is 17.6 Å². The molecule has 1 heterocycles. The summed E-state index contributed by atoms with van der Waals surface area (Å²) in [6, 6.07) is 9.62. The Morgan fingerprint density at radius 3 is 2.55 bits per heavy atom. The average Bonchev–Trinajstić information content (AvgIpc) is 2.96. The van der Waals surface area contributed by atoms with Crippen molar-refractivity contribution in [3.05, 3.63) is 53.8 Å². The first-order valence-corrected chi connectivity index (χ1v) is 6.61. The van der Waals surface area contributed by atoms with Crippen molar-refractivity contribution in [2.75, 3.05) is 14.2 Å². The van der Waals surface area contributed by atoms with E-state index in [-0.39, 0.29) is 11.5 Å². The van der Waals surface area contributed by atoms with E-state index in [0.717, 1.165) is 0 Å². The van der Waals surface area contributed by atoms with Crippen LogP contribution < -0.4 is 9.47 Å². The van der Waals surface area contributed by atoms with Gasteiger partial charge in [0, 0.05) is 17.0 Å². The van der Waals surface area contributed by atoms with Crippen molar-refractivity contribution in [2.24, 2.45) is 0 Å². The normalized spacial score (nSPS) is 10.6. The predicted molar refractivity (Wildman–Crippen MR) is 80.9 cm³/mol. The van der Waals surface area contributed by atoms with Gasteiger partial charge in [0.25, 0.3) is 0 Å². The topological polar surface area (TPSA) is 68.9 Å². The maximum Gasteiger partial charge on any atom is 0.197 e. The van der Waals surface area contributed by atoms with E-state index in [4.69, 9.17) is 13.9 Å². The summed E-state index contributed by atoms with van der Waals surface area (Å²) in [7, 11) is 3.05. The first-order chi connectivity index (χ1) is 10.6. The molecule has 22 heavy (non-hydrogen) atoms. The minimum Gasteiger partial charge on any atom is -0.508 e. The number of fused-ring (bicyclic) bond motifs is 1. The quantitative estimate of drug-likeness (QED) is 0.748. The van der Waals surface area contributed by atoms with Crippen molar-refractivity contribution >= 4 is 16.8 Å². The lowest BCUT2D eigenvalue weighted by Gasteiger charge is -2.08. The second-order valence-electron chi connectivity index (χ2n) is 4.73. The minimum absolute atomic E-state index is 0.0898. The number of carbonyl (C=O) groups is 1. The van der Waals surface area contributed by atoms with Crippen LogP contribution >= 0.6 is 0 Å². The van der Waals surface area contributed by atoms with Gasteiger partial charge in [-0.3, -0.25) is 4.79 Å². The number of hydrogen-bond donors (Lipinski definition) is 1. The highest BCUT2D eigenvalue weighted by atomic mass is 16.5. The fourth-order valence-electron chi connectivity index (χ4n) is 2.33. The monoisotopic (exact) mass is 298 g/mol. The van der Waals surface area contributed by atoms with Crippen molar-refractivity contribution in [2.45, 2.75) is 0 Å². The number of benzene rings is 2. The van der Waals surface area contributed by atoms with Gasteiger partial charge in [0.2, 0.25) is 0 Å². The van der Waals surface area contributed by atoms with Gasteiger partial charge >= 0.3 is 0 Å². The molecule has 1 aromatic heterocycles. The lowest BCUT2D eigenvalue weighted by molar-refractivity contribution is 0.103. The lowest BCUT2D eigenvalue weighted by Crippen LogP contribution is -2.01. The van der Waals surface area contributed by atoms with Gasteiger partial charge in [-0.1, -0.05) is 0 Å². The molecule has 2 aromatic carbocycles. The van der Waals surface area contributed by atoms with Crippen LogP contribution in [0.15, 0.2) is 47.1 Å². The fraction of sp³-hybridized carbons (Fsp3) is 0.118. The zero-order chi connectivity index (χ0) is 15.7. The van der Waals surface area contributed by atoms with E-state index in [1.54, 1.807) is 24.3 Å². The van der Waals surface area contributed by atoms with Crippen molar-refractivity contribution in [1.29, 1.82) is 0 Å². The summed E-state index contributed by atoms with van der Waals surface area (Å²) in [6.07, 6.45) is 1.39. The van der Waals surface area contributed by atoms with Crippen LogP contribution in [-0.4, -0.2) is 25.1 Å². The highest BCUT2D eigenvalue weighted by Crippen LogP contribution is 2.31. The lowest BCUT2D eigenvalue weighted by atomic mass is 10.0. The van der Waals surface area contributed by atoms with Crippen LogP contribution in [0.5, 0.6) is 17.2 Å². The molecule has 0 unspecified atom stereocenters. The summed E-state index contributed by atoms with van der Waals surface area (Å²) < 4.78 is 15.7. The van der Waals surface area contributed by atoms with Crippen LogP contribution in [0.3, 0.4) is 0 Å². The Labute approximate surface area is 126 Å². The average molecular weight is 298 g/mol. The molecule has 0 radical (unpaired) electrons. The third kappa shape index (κ3) is 2.26. The van der Waals surface area contributed by atoms with Crippen LogP contribution in [0.4, 0.5) is 0 Å². The van der Waals surface area contributed by atoms with Gasteiger partial charge in [0.05, 0.1) is 19.8 Å². The number of phenols is 1. The third-order valence-corrected chi connectivity index (χ3v) is 3.45. The Morgan fingerprint density at radius 2 is 1.82 bits per heavy atom. The Bertz CT molecular complexity index is 847. The molecule has 5 nitrogen and oxygen atoms in total. The molecule has 0 atom stereocenters. The summed E-state index contributed by atoms with van der Waals surface area (Å²) >= 11 is 0. The zero-order valence-corrected chi connectivity index (χ0v) is 12.1. The van der Waals surface area contributed by atoms with Crippen molar-refractivity contribution in [1.82, 2.24) is 0 Å². The smallest absolute Gasteiger partial charge is 0.197 e. The van der Waals surface area contributed by atoms with E-state index < -0.39 is 0 Å². The van der Waals surface area contributed by atoms with Gasteiger partial charge in [-0.15, -0.1) is 0 Å². The van der Waals surface area contributed by atoms with E-state index in [2.05, 4.69) is 0 Å². The molecule has 0 saturated heterocycles. The van der Waals surface area contributed by atoms with Crippen molar-refractivity contribution < 1.29 is 23.8 Å². The SMILES string of the molecule is COc1ccc(C(=O)c2coc3cc(O)ccc23)cc1OC. The van der Waals surface area contributed by atoms with Crippen molar-refractivity contribution in [3.63, 3.8) is 0 Å². The summed E-state index contributed by atoms with van der Waals surface area (Å²) in [5, 5.41) is 10.1. The van der Waals surface area contributed by atoms with Crippen LogP contribution in [0, 0.1) is 0 Å². The van der Waals surface area contributed by atoms with E-state index >= 15 is 0 Å². The molecule has 3 aromatic rings. The number of rotatable bonds is 4. The number of ether oxygens (including phenoxy) is 2. The Morgan fingerprint density at radius 1 is 1.05 bits per heavy atom. The van der Waals surface area contributed by atoms with Crippen LogP contribution in [0.1, 0.15) is 15.9 Å². The Kier molecular flexibility index (Phi) is 3.47. The highest BCUT2D eigenvalue weighted by molar-refractivity contribution is 6.16.